The molecule has 68 valence electrons. The van der Waals surface area contributed by atoms with Crippen LogP contribution in [0.5, 0.6) is 0 Å². The number of rotatable bonds is 1. The van der Waals surface area contributed by atoms with Gasteiger partial charge in [0.2, 0.25) is 0 Å². The van der Waals surface area contributed by atoms with Crippen molar-refractivity contribution in [3.63, 3.8) is 0 Å². The molecule has 1 aliphatic carbocycles. The lowest BCUT2D eigenvalue weighted by molar-refractivity contribution is 0.626. The van der Waals surface area contributed by atoms with Crippen molar-refractivity contribution in [2.45, 2.75) is 19.8 Å². The summed E-state index contributed by atoms with van der Waals surface area (Å²) in [4.78, 5) is 4.35. The van der Waals surface area contributed by atoms with E-state index in [-0.39, 0.29) is 0 Å². The van der Waals surface area contributed by atoms with Crippen LogP contribution in [-0.4, -0.2) is 4.98 Å². The summed E-state index contributed by atoms with van der Waals surface area (Å²) >= 11 is 1.74. The topological polar surface area (TPSA) is 12.9 Å². The largest absolute Gasteiger partial charge is 0.249 e. The summed E-state index contributed by atoms with van der Waals surface area (Å²) in [5.41, 5.74) is 1.36. The minimum Gasteiger partial charge on any atom is -0.249 e. The second kappa shape index (κ2) is 3.46. The quantitative estimate of drug-likeness (QED) is 0.663. The first kappa shape index (κ1) is 8.70. The van der Waals surface area contributed by atoms with Crippen LogP contribution in [0.3, 0.4) is 0 Å². The monoisotopic (exact) mass is 191 g/mol. The summed E-state index contributed by atoms with van der Waals surface area (Å²) in [5.74, 6) is 1.07. The molecule has 0 radical (unpaired) electrons. The fraction of sp³-hybridized carbons (Fsp3) is 0.364. The van der Waals surface area contributed by atoms with Crippen LogP contribution < -0.4 is 0 Å². The van der Waals surface area contributed by atoms with Crippen LogP contribution in [-0.2, 0) is 0 Å². The Hall–Kier alpha value is -0.890. The minimum absolute atomic E-state index is 0.490. The summed E-state index contributed by atoms with van der Waals surface area (Å²) in [6, 6.07) is 0. The Balaban J connectivity index is 2.24. The standard InChI is InChI=1S/C11H13NS/c1-8-3-4-10(9(2)7-8)11-12-5-6-13-11/h3-7,9-10H,1-2H3. The summed E-state index contributed by atoms with van der Waals surface area (Å²) < 4.78 is 0. The molecule has 0 N–H and O–H groups in total. The average molecular weight is 191 g/mol. The van der Waals surface area contributed by atoms with Crippen LogP contribution in [0.4, 0.5) is 0 Å². The summed E-state index contributed by atoms with van der Waals surface area (Å²) in [7, 11) is 0. The molecule has 1 heterocycles. The summed E-state index contributed by atoms with van der Waals surface area (Å²) in [5, 5.41) is 3.27. The van der Waals surface area contributed by atoms with E-state index in [4.69, 9.17) is 0 Å². The molecular weight excluding hydrogens is 178 g/mol. The normalized spacial score (nSPS) is 27.4. The third-order valence-electron chi connectivity index (χ3n) is 2.40. The van der Waals surface area contributed by atoms with Crippen molar-refractivity contribution in [3.8, 4) is 0 Å². The SMILES string of the molecule is CC1=CC(C)C(c2nccs2)C=C1. The van der Waals surface area contributed by atoms with Gasteiger partial charge in [0.1, 0.15) is 0 Å². The second-order valence-corrected chi connectivity index (χ2v) is 4.45. The first-order valence-corrected chi connectivity index (χ1v) is 5.41. The highest BCUT2D eigenvalue weighted by atomic mass is 32.1. The van der Waals surface area contributed by atoms with Crippen LogP contribution in [0, 0.1) is 5.92 Å². The van der Waals surface area contributed by atoms with Gasteiger partial charge in [-0.2, -0.15) is 0 Å². The van der Waals surface area contributed by atoms with Crippen LogP contribution in [0.2, 0.25) is 0 Å². The van der Waals surface area contributed by atoms with Crippen molar-refractivity contribution < 1.29 is 0 Å². The molecule has 0 aliphatic heterocycles. The van der Waals surface area contributed by atoms with E-state index in [0.717, 1.165) is 0 Å². The molecular formula is C11H13NS. The number of thiazole rings is 1. The lowest BCUT2D eigenvalue weighted by atomic mass is 9.88. The lowest BCUT2D eigenvalue weighted by Crippen LogP contribution is -2.08. The first-order chi connectivity index (χ1) is 6.27. The van der Waals surface area contributed by atoms with Crippen LogP contribution in [0.1, 0.15) is 24.8 Å². The molecule has 2 atom stereocenters. The Morgan fingerprint density at radius 2 is 2.31 bits per heavy atom. The molecule has 0 aromatic carbocycles. The van der Waals surface area contributed by atoms with E-state index in [2.05, 4.69) is 37.1 Å². The summed E-state index contributed by atoms with van der Waals surface area (Å²) in [6.07, 6.45) is 8.64. The van der Waals surface area contributed by atoms with Crippen LogP contribution in [0.25, 0.3) is 0 Å². The van der Waals surface area contributed by atoms with Gasteiger partial charge in [-0.15, -0.1) is 11.3 Å². The Morgan fingerprint density at radius 3 is 2.92 bits per heavy atom. The van der Waals surface area contributed by atoms with Crippen molar-refractivity contribution >= 4 is 11.3 Å². The van der Waals surface area contributed by atoms with E-state index >= 15 is 0 Å². The number of hydrogen-bond donors (Lipinski definition) is 0. The first-order valence-electron chi connectivity index (χ1n) is 4.53. The van der Waals surface area contributed by atoms with Gasteiger partial charge < -0.3 is 0 Å². The van der Waals surface area contributed by atoms with E-state index < -0.39 is 0 Å². The molecule has 0 fully saturated rings. The average Bonchev–Trinajstić information content (AvgIpc) is 2.56. The molecule has 0 spiro atoms. The number of nitrogens with zero attached hydrogens (tertiary/aromatic N) is 1. The van der Waals surface area contributed by atoms with E-state index in [0.29, 0.717) is 11.8 Å². The number of hydrogen-bond acceptors (Lipinski definition) is 2. The van der Waals surface area contributed by atoms with Crippen molar-refractivity contribution in [3.05, 3.63) is 40.4 Å². The van der Waals surface area contributed by atoms with Crippen molar-refractivity contribution in [2.75, 3.05) is 0 Å². The van der Waals surface area contributed by atoms with Crippen LogP contribution in [0.15, 0.2) is 35.4 Å². The van der Waals surface area contributed by atoms with E-state index in [1.807, 2.05) is 11.6 Å². The lowest BCUT2D eigenvalue weighted by Gasteiger charge is -2.19. The van der Waals surface area contributed by atoms with Gasteiger partial charge >= 0.3 is 0 Å². The van der Waals surface area contributed by atoms with Gasteiger partial charge in [-0.05, 0) is 12.8 Å². The minimum atomic E-state index is 0.490. The molecule has 1 aromatic heterocycles. The maximum Gasteiger partial charge on any atom is 0.0999 e. The van der Waals surface area contributed by atoms with E-state index in [1.54, 1.807) is 11.3 Å². The van der Waals surface area contributed by atoms with Gasteiger partial charge in [0.25, 0.3) is 0 Å². The fourth-order valence-electron chi connectivity index (χ4n) is 1.71. The predicted molar refractivity (Wildman–Crippen MR) is 56.9 cm³/mol. The zero-order valence-corrected chi connectivity index (χ0v) is 8.71. The molecule has 0 saturated carbocycles. The van der Waals surface area contributed by atoms with E-state index in [9.17, 15) is 0 Å². The molecule has 0 saturated heterocycles. The number of allylic oxidation sites excluding steroid dienone is 4. The van der Waals surface area contributed by atoms with Gasteiger partial charge in [0.15, 0.2) is 0 Å². The third kappa shape index (κ3) is 1.73. The molecule has 1 aromatic rings. The second-order valence-electron chi connectivity index (χ2n) is 3.53. The molecule has 2 unspecified atom stereocenters. The molecule has 0 bridgehead atoms. The Labute approximate surface area is 82.8 Å². The maximum atomic E-state index is 4.35. The van der Waals surface area contributed by atoms with Gasteiger partial charge in [-0.3, -0.25) is 0 Å². The zero-order valence-electron chi connectivity index (χ0n) is 7.90. The zero-order chi connectivity index (χ0) is 9.26. The highest BCUT2D eigenvalue weighted by molar-refractivity contribution is 7.09. The molecule has 1 aliphatic rings. The molecule has 2 heteroatoms. The Morgan fingerprint density at radius 1 is 1.46 bits per heavy atom. The van der Waals surface area contributed by atoms with Crippen molar-refractivity contribution in [1.82, 2.24) is 4.98 Å². The molecule has 0 amide bonds. The highest BCUT2D eigenvalue weighted by Crippen LogP contribution is 2.32. The fourth-order valence-corrected chi connectivity index (χ4v) is 2.54. The predicted octanol–water partition coefficient (Wildman–Crippen LogP) is 3.38. The van der Waals surface area contributed by atoms with Crippen molar-refractivity contribution in [1.29, 1.82) is 0 Å². The van der Waals surface area contributed by atoms with E-state index in [1.165, 1.54) is 10.6 Å². The summed E-state index contributed by atoms with van der Waals surface area (Å²) in [6.45, 7) is 4.39. The van der Waals surface area contributed by atoms with Gasteiger partial charge in [0.05, 0.1) is 5.01 Å². The Bertz CT molecular complexity index is 335. The van der Waals surface area contributed by atoms with Gasteiger partial charge in [0, 0.05) is 17.5 Å². The smallest absolute Gasteiger partial charge is 0.0999 e. The number of aromatic nitrogens is 1. The third-order valence-corrected chi connectivity index (χ3v) is 3.27. The highest BCUT2D eigenvalue weighted by Gasteiger charge is 2.19. The van der Waals surface area contributed by atoms with Gasteiger partial charge in [-0.25, -0.2) is 4.98 Å². The van der Waals surface area contributed by atoms with Crippen LogP contribution >= 0.6 is 11.3 Å². The maximum absolute atomic E-state index is 4.35. The molecule has 1 nitrogen and oxygen atoms in total. The molecule has 13 heavy (non-hydrogen) atoms. The Kier molecular flexibility index (Phi) is 2.32. The molecule has 2 rings (SSSR count). The van der Waals surface area contributed by atoms with Crippen molar-refractivity contribution in [2.24, 2.45) is 5.92 Å². The van der Waals surface area contributed by atoms with Gasteiger partial charge in [-0.1, -0.05) is 30.7 Å².